The van der Waals surface area contributed by atoms with Crippen LogP contribution in [0.15, 0.2) is 83.8 Å². The van der Waals surface area contributed by atoms with Crippen LogP contribution in [0, 0.1) is 0 Å². The minimum Gasteiger partial charge on any atom is -0.322 e. The average molecular weight is 484 g/mol. The van der Waals surface area contributed by atoms with E-state index in [-0.39, 0.29) is 16.8 Å². The Labute approximate surface area is 199 Å². The van der Waals surface area contributed by atoms with Gasteiger partial charge < -0.3 is 5.32 Å². The maximum absolute atomic E-state index is 12.6. The Morgan fingerprint density at radius 3 is 2.33 bits per heavy atom. The lowest BCUT2D eigenvalue weighted by Crippen LogP contribution is -2.44. The number of sulfonamides is 1. The van der Waals surface area contributed by atoms with Crippen LogP contribution in [0.25, 0.3) is 0 Å². The highest BCUT2D eigenvalue weighted by molar-refractivity contribution is 7.89. The summed E-state index contributed by atoms with van der Waals surface area (Å²) in [5.41, 5.74) is 2.42. The number of para-hydroxylation sites is 1. The molecule has 0 aromatic heterocycles. The molecule has 0 atom stereocenters. The molecular weight excluding hydrogens is 458 g/mol. The van der Waals surface area contributed by atoms with Gasteiger partial charge in [-0.25, -0.2) is 13.1 Å². The first kappa shape index (κ1) is 23.4. The van der Waals surface area contributed by atoms with Crippen LogP contribution in [0.2, 0.25) is 5.02 Å². The maximum atomic E-state index is 12.6. The number of nitrogens with zero attached hydrogens (tertiary/aromatic N) is 1. The number of likely N-dealkylation sites (tertiary alicyclic amines) is 1. The number of hydrogen-bond acceptors (Lipinski definition) is 4. The van der Waals surface area contributed by atoms with Crippen LogP contribution in [0.1, 0.15) is 28.8 Å². The second-order valence-electron chi connectivity index (χ2n) is 8.15. The van der Waals surface area contributed by atoms with E-state index in [1.165, 1.54) is 12.1 Å². The molecule has 1 fully saturated rings. The lowest BCUT2D eigenvalue weighted by molar-refractivity contribution is 0.102. The first-order chi connectivity index (χ1) is 15.9. The van der Waals surface area contributed by atoms with Gasteiger partial charge in [-0.2, -0.15) is 0 Å². The van der Waals surface area contributed by atoms with Crippen LogP contribution < -0.4 is 10.0 Å². The number of piperidine rings is 1. The Bertz CT molecular complexity index is 1190. The molecule has 172 valence electrons. The molecule has 0 bridgehead atoms. The summed E-state index contributed by atoms with van der Waals surface area (Å²) in [6.45, 7) is 2.26. The monoisotopic (exact) mass is 483 g/mol. The highest BCUT2D eigenvalue weighted by Crippen LogP contribution is 2.19. The van der Waals surface area contributed by atoms with Crippen molar-refractivity contribution in [3.63, 3.8) is 0 Å². The van der Waals surface area contributed by atoms with Crippen molar-refractivity contribution >= 4 is 33.2 Å². The zero-order valence-electron chi connectivity index (χ0n) is 18.1. The average Bonchev–Trinajstić information content (AvgIpc) is 2.81. The summed E-state index contributed by atoms with van der Waals surface area (Å²) in [5, 5.41) is 3.41. The molecular formula is C25H26ClN3O3S. The fourth-order valence-electron chi connectivity index (χ4n) is 3.90. The number of carbonyl (C=O) groups is 1. The molecule has 3 aromatic rings. The molecule has 4 rings (SSSR count). The van der Waals surface area contributed by atoms with Gasteiger partial charge in [-0.3, -0.25) is 9.69 Å². The predicted octanol–water partition coefficient (Wildman–Crippen LogP) is 4.54. The normalized spacial score (nSPS) is 15.3. The van der Waals surface area contributed by atoms with Gasteiger partial charge in [0.05, 0.1) is 4.90 Å². The molecule has 0 unspecified atom stereocenters. The minimum absolute atomic E-state index is 0.107. The van der Waals surface area contributed by atoms with E-state index in [2.05, 4.69) is 14.9 Å². The van der Waals surface area contributed by atoms with E-state index in [0.717, 1.165) is 37.2 Å². The van der Waals surface area contributed by atoms with Crippen molar-refractivity contribution in [2.24, 2.45) is 0 Å². The summed E-state index contributed by atoms with van der Waals surface area (Å²) in [6, 6.07) is 23.1. The molecule has 1 aliphatic rings. The SMILES string of the molecule is O=C(Nc1ccccc1)c1cccc(CN2CCC(NS(=O)(=O)c3ccc(Cl)cc3)CC2)c1. The molecule has 1 heterocycles. The van der Waals surface area contributed by atoms with Crippen molar-refractivity contribution in [3.8, 4) is 0 Å². The molecule has 1 amide bonds. The smallest absolute Gasteiger partial charge is 0.255 e. The third-order valence-corrected chi connectivity index (χ3v) is 7.45. The Kier molecular flexibility index (Phi) is 7.45. The van der Waals surface area contributed by atoms with E-state index in [4.69, 9.17) is 11.6 Å². The van der Waals surface area contributed by atoms with Gasteiger partial charge in [0.1, 0.15) is 0 Å². The van der Waals surface area contributed by atoms with Gasteiger partial charge in [0, 0.05) is 41.9 Å². The third kappa shape index (κ3) is 6.42. The van der Waals surface area contributed by atoms with Crippen molar-refractivity contribution in [1.82, 2.24) is 9.62 Å². The fourth-order valence-corrected chi connectivity index (χ4v) is 5.33. The standard InChI is InChI=1S/C25H26ClN3O3S/c26-21-9-11-24(12-10-21)33(31,32)28-23-13-15-29(16-14-23)18-19-5-4-6-20(17-19)25(30)27-22-7-2-1-3-8-22/h1-12,17,23,28H,13-16,18H2,(H,27,30). The molecule has 1 aliphatic heterocycles. The molecule has 8 heteroatoms. The summed E-state index contributed by atoms with van der Waals surface area (Å²) < 4.78 is 28.0. The van der Waals surface area contributed by atoms with Crippen LogP contribution in [0.3, 0.4) is 0 Å². The molecule has 0 aliphatic carbocycles. The number of halogens is 1. The van der Waals surface area contributed by atoms with E-state index in [1.807, 2.05) is 48.5 Å². The molecule has 2 N–H and O–H groups in total. The van der Waals surface area contributed by atoms with Gasteiger partial charge in [-0.1, -0.05) is 41.9 Å². The van der Waals surface area contributed by atoms with Crippen molar-refractivity contribution in [2.45, 2.75) is 30.3 Å². The highest BCUT2D eigenvalue weighted by atomic mass is 35.5. The van der Waals surface area contributed by atoms with Crippen molar-refractivity contribution < 1.29 is 13.2 Å². The maximum Gasteiger partial charge on any atom is 0.255 e. The lowest BCUT2D eigenvalue weighted by Gasteiger charge is -2.32. The molecule has 0 saturated carbocycles. The van der Waals surface area contributed by atoms with Crippen LogP contribution in [-0.4, -0.2) is 38.4 Å². The number of hydrogen-bond donors (Lipinski definition) is 2. The van der Waals surface area contributed by atoms with Crippen molar-refractivity contribution in [3.05, 3.63) is 95.0 Å². The predicted molar refractivity (Wildman–Crippen MR) is 131 cm³/mol. The molecule has 0 spiro atoms. The van der Waals surface area contributed by atoms with E-state index >= 15 is 0 Å². The number of benzene rings is 3. The van der Waals surface area contributed by atoms with Gasteiger partial charge >= 0.3 is 0 Å². The largest absolute Gasteiger partial charge is 0.322 e. The summed E-state index contributed by atoms with van der Waals surface area (Å²) in [6.07, 6.45) is 1.45. The topological polar surface area (TPSA) is 78.5 Å². The van der Waals surface area contributed by atoms with E-state index in [1.54, 1.807) is 18.2 Å². The molecule has 0 radical (unpaired) electrons. The number of rotatable bonds is 7. The van der Waals surface area contributed by atoms with Gasteiger partial charge in [0.25, 0.3) is 5.91 Å². The molecule has 33 heavy (non-hydrogen) atoms. The van der Waals surface area contributed by atoms with Gasteiger partial charge in [-0.05, 0) is 66.9 Å². The second kappa shape index (κ2) is 10.5. The second-order valence-corrected chi connectivity index (χ2v) is 10.3. The van der Waals surface area contributed by atoms with Crippen LogP contribution in [0.5, 0.6) is 0 Å². The molecule has 3 aromatic carbocycles. The van der Waals surface area contributed by atoms with Crippen LogP contribution in [-0.2, 0) is 16.6 Å². The summed E-state index contributed by atoms with van der Waals surface area (Å²) in [4.78, 5) is 15.1. The molecule has 1 saturated heterocycles. The highest BCUT2D eigenvalue weighted by Gasteiger charge is 2.24. The Balaban J connectivity index is 1.30. The summed E-state index contributed by atoms with van der Waals surface area (Å²) >= 11 is 5.86. The number of carbonyl (C=O) groups excluding carboxylic acids is 1. The Morgan fingerprint density at radius 1 is 0.939 bits per heavy atom. The third-order valence-electron chi connectivity index (χ3n) is 5.66. The first-order valence-corrected chi connectivity index (χ1v) is 12.7. The zero-order chi connectivity index (χ0) is 23.3. The lowest BCUT2D eigenvalue weighted by atomic mass is 10.0. The molecule has 6 nitrogen and oxygen atoms in total. The van der Waals surface area contributed by atoms with Crippen molar-refractivity contribution in [1.29, 1.82) is 0 Å². The Morgan fingerprint density at radius 2 is 1.64 bits per heavy atom. The summed E-state index contributed by atoms with van der Waals surface area (Å²) in [7, 11) is -3.57. The van der Waals surface area contributed by atoms with Gasteiger partial charge in [0.2, 0.25) is 10.0 Å². The Hall–Kier alpha value is -2.71. The van der Waals surface area contributed by atoms with Crippen molar-refractivity contribution in [2.75, 3.05) is 18.4 Å². The number of nitrogens with one attached hydrogen (secondary N) is 2. The van der Waals surface area contributed by atoms with E-state index in [0.29, 0.717) is 17.1 Å². The van der Waals surface area contributed by atoms with E-state index in [9.17, 15) is 13.2 Å². The van der Waals surface area contributed by atoms with E-state index < -0.39 is 10.0 Å². The minimum atomic E-state index is -3.57. The van der Waals surface area contributed by atoms with Gasteiger partial charge in [0.15, 0.2) is 0 Å². The summed E-state index contributed by atoms with van der Waals surface area (Å²) in [5.74, 6) is -0.140. The zero-order valence-corrected chi connectivity index (χ0v) is 19.6. The van der Waals surface area contributed by atoms with Gasteiger partial charge in [-0.15, -0.1) is 0 Å². The van der Waals surface area contributed by atoms with Crippen LogP contribution >= 0.6 is 11.6 Å². The number of amides is 1. The number of anilines is 1. The fraction of sp³-hybridized carbons (Fsp3) is 0.240. The van der Waals surface area contributed by atoms with Crippen LogP contribution in [0.4, 0.5) is 5.69 Å². The first-order valence-electron chi connectivity index (χ1n) is 10.8. The quantitative estimate of drug-likeness (QED) is 0.517.